The van der Waals surface area contributed by atoms with E-state index in [0.29, 0.717) is 22.5 Å². The fourth-order valence-electron chi connectivity index (χ4n) is 5.08. The lowest BCUT2D eigenvalue weighted by Crippen LogP contribution is -2.47. The summed E-state index contributed by atoms with van der Waals surface area (Å²) in [5, 5.41) is 0. The highest BCUT2D eigenvalue weighted by Crippen LogP contribution is 2.44. The molecule has 0 aromatic rings. The molecule has 0 spiro atoms. The quantitative estimate of drug-likeness (QED) is 0.317. The van der Waals surface area contributed by atoms with Gasteiger partial charge in [0.15, 0.2) is 0 Å². The smallest absolute Gasteiger partial charge is 0.258 e. The van der Waals surface area contributed by atoms with Gasteiger partial charge in [0.1, 0.15) is 0 Å². The van der Waals surface area contributed by atoms with E-state index in [1.54, 1.807) is 0 Å². The summed E-state index contributed by atoms with van der Waals surface area (Å²) in [5.41, 5.74) is 1.92. The summed E-state index contributed by atoms with van der Waals surface area (Å²) in [6.07, 6.45) is 17.7. The topological polar surface area (TPSA) is 9.23 Å². The standard InChI is InChI=1S/C24H46OSi/c1-8-16-23-17-14-12-10-9-11-13-15-18-24(19-23)25-26(20(2)3,21(4)5)22(6)7/h8,19-23H,1,9-18H2,2-7H3/b24-19+. The minimum atomic E-state index is -1.85. The largest absolute Gasteiger partial charge is 0.546 e. The predicted molar refractivity (Wildman–Crippen MR) is 120 cm³/mol. The molecule has 152 valence electrons. The van der Waals surface area contributed by atoms with Gasteiger partial charge in [-0.25, -0.2) is 0 Å². The van der Waals surface area contributed by atoms with Crippen LogP contribution in [-0.2, 0) is 4.43 Å². The van der Waals surface area contributed by atoms with Crippen molar-refractivity contribution in [1.29, 1.82) is 0 Å². The van der Waals surface area contributed by atoms with Crippen LogP contribution in [0, 0.1) is 5.92 Å². The Labute approximate surface area is 165 Å². The van der Waals surface area contributed by atoms with Crippen molar-refractivity contribution in [2.24, 2.45) is 5.92 Å². The van der Waals surface area contributed by atoms with Gasteiger partial charge < -0.3 is 4.43 Å². The van der Waals surface area contributed by atoms with Gasteiger partial charge in [0.25, 0.3) is 8.32 Å². The van der Waals surface area contributed by atoms with Crippen LogP contribution in [-0.4, -0.2) is 8.32 Å². The second-order valence-corrected chi connectivity index (χ2v) is 14.7. The first-order chi connectivity index (χ1) is 12.3. The first kappa shape index (κ1) is 23.5. The van der Waals surface area contributed by atoms with E-state index in [1.807, 2.05) is 0 Å². The molecule has 1 aliphatic carbocycles. The Morgan fingerprint density at radius 1 is 0.923 bits per heavy atom. The molecule has 0 radical (unpaired) electrons. The molecule has 0 amide bonds. The van der Waals surface area contributed by atoms with E-state index in [2.05, 4.69) is 60.3 Å². The summed E-state index contributed by atoms with van der Waals surface area (Å²) in [4.78, 5) is 0. The van der Waals surface area contributed by atoms with Crippen molar-refractivity contribution in [3.8, 4) is 0 Å². The zero-order chi connectivity index (χ0) is 19.6. The molecule has 1 unspecified atom stereocenters. The van der Waals surface area contributed by atoms with Crippen molar-refractivity contribution < 1.29 is 4.43 Å². The minimum absolute atomic E-state index is 0.611. The van der Waals surface area contributed by atoms with Gasteiger partial charge >= 0.3 is 0 Å². The van der Waals surface area contributed by atoms with Gasteiger partial charge in [0.05, 0.1) is 5.76 Å². The van der Waals surface area contributed by atoms with Crippen molar-refractivity contribution in [1.82, 2.24) is 0 Å². The first-order valence-electron chi connectivity index (χ1n) is 11.3. The molecule has 1 nitrogen and oxygen atoms in total. The van der Waals surface area contributed by atoms with Crippen LogP contribution in [0.25, 0.3) is 0 Å². The lowest BCUT2D eigenvalue weighted by molar-refractivity contribution is 0.340. The Morgan fingerprint density at radius 2 is 1.42 bits per heavy atom. The Balaban J connectivity index is 3.11. The number of hydrogen-bond donors (Lipinski definition) is 0. The molecule has 0 heterocycles. The van der Waals surface area contributed by atoms with Crippen LogP contribution in [0.4, 0.5) is 0 Å². The maximum absolute atomic E-state index is 7.11. The Morgan fingerprint density at radius 3 is 1.92 bits per heavy atom. The molecule has 0 N–H and O–H groups in total. The molecule has 0 aliphatic heterocycles. The van der Waals surface area contributed by atoms with Gasteiger partial charge in [-0.05, 0) is 47.9 Å². The second kappa shape index (κ2) is 12.1. The van der Waals surface area contributed by atoms with Crippen LogP contribution in [0.15, 0.2) is 24.5 Å². The Kier molecular flexibility index (Phi) is 10.9. The molecule has 2 heteroatoms. The average molecular weight is 379 g/mol. The molecule has 1 atom stereocenters. The monoisotopic (exact) mass is 378 g/mol. The molecule has 26 heavy (non-hydrogen) atoms. The van der Waals surface area contributed by atoms with E-state index in [9.17, 15) is 0 Å². The Bertz CT molecular complexity index is 400. The average Bonchev–Trinajstić information content (AvgIpc) is 2.55. The van der Waals surface area contributed by atoms with E-state index in [0.717, 1.165) is 12.8 Å². The van der Waals surface area contributed by atoms with Crippen molar-refractivity contribution in [2.45, 2.75) is 122 Å². The lowest BCUT2D eigenvalue weighted by Gasteiger charge is -2.43. The maximum Gasteiger partial charge on any atom is 0.258 e. The van der Waals surface area contributed by atoms with Gasteiger partial charge in [0, 0.05) is 6.42 Å². The van der Waals surface area contributed by atoms with Gasteiger partial charge in [-0.3, -0.25) is 0 Å². The third-order valence-corrected chi connectivity index (χ3v) is 12.4. The zero-order valence-corrected chi connectivity index (χ0v) is 19.7. The molecular weight excluding hydrogens is 332 g/mol. The van der Waals surface area contributed by atoms with Gasteiger partial charge in [0.2, 0.25) is 0 Å². The summed E-state index contributed by atoms with van der Waals surface area (Å²) in [6, 6.07) is 0. The number of allylic oxidation sites excluding steroid dienone is 3. The Hall–Kier alpha value is -0.503. The third-order valence-electron chi connectivity index (χ3n) is 6.40. The van der Waals surface area contributed by atoms with E-state index in [-0.39, 0.29) is 0 Å². The highest BCUT2D eigenvalue weighted by Gasteiger charge is 2.47. The maximum atomic E-state index is 7.11. The van der Waals surface area contributed by atoms with Crippen molar-refractivity contribution in [2.75, 3.05) is 0 Å². The van der Waals surface area contributed by atoms with Crippen molar-refractivity contribution >= 4 is 8.32 Å². The first-order valence-corrected chi connectivity index (χ1v) is 13.5. The highest BCUT2D eigenvalue weighted by molar-refractivity contribution is 6.77. The van der Waals surface area contributed by atoms with Crippen LogP contribution < -0.4 is 0 Å². The van der Waals surface area contributed by atoms with E-state index >= 15 is 0 Å². The highest BCUT2D eigenvalue weighted by atomic mass is 28.4. The minimum Gasteiger partial charge on any atom is -0.546 e. The molecule has 0 aromatic heterocycles. The summed E-state index contributed by atoms with van der Waals surface area (Å²) >= 11 is 0. The summed E-state index contributed by atoms with van der Waals surface area (Å²) in [7, 11) is -1.85. The van der Waals surface area contributed by atoms with Crippen LogP contribution in [0.2, 0.25) is 16.6 Å². The third kappa shape index (κ3) is 6.91. The zero-order valence-electron chi connectivity index (χ0n) is 18.7. The van der Waals surface area contributed by atoms with Crippen LogP contribution >= 0.6 is 0 Å². The fourth-order valence-corrected chi connectivity index (χ4v) is 10.4. The molecule has 1 rings (SSSR count). The van der Waals surface area contributed by atoms with Gasteiger partial charge in [-0.1, -0.05) is 86.1 Å². The summed E-state index contributed by atoms with van der Waals surface area (Å²) < 4.78 is 7.11. The molecular formula is C24H46OSi. The molecule has 1 aliphatic rings. The van der Waals surface area contributed by atoms with Crippen molar-refractivity contribution in [3.05, 3.63) is 24.5 Å². The number of rotatable bonds is 7. The van der Waals surface area contributed by atoms with Crippen LogP contribution in [0.1, 0.15) is 106 Å². The molecule has 0 saturated carbocycles. The normalized spacial score (nSPS) is 23.3. The molecule has 0 fully saturated rings. The second-order valence-electron chi connectivity index (χ2n) is 9.35. The predicted octanol–water partition coefficient (Wildman–Crippen LogP) is 8.78. The SMILES string of the molecule is C=CCC1/C=C(/O[Si](C(C)C)(C(C)C)C(C)C)CCCCCCCCC1. The molecule has 0 bridgehead atoms. The summed E-state index contributed by atoms with van der Waals surface area (Å²) in [5.74, 6) is 1.93. The van der Waals surface area contributed by atoms with Gasteiger partial charge in [-0.2, -0.15) is 0 Å². The number of hydrogen-bond acceptors (Lipinski definition) is 1. The van der Waals surface area contributed by atoms with E-state index in [4.69, 9.17) is 4.43 Å². The van der Waals surface area contributed by atoms with E-state index in [1.165, 1.54) is 57.1 Å². The van der Waals surface area contributed by atoms with Gasteiger partial charge in [-0.15, -0.1) is 6.58 Å². The fraction of sp³-hybridized carbons (Fsp3) is 0.833. The lowest BCUT2D eigenvalue weighted by atomic mass is 9.94. The van der Waals surface area contributed by atoms with E-state index < -0.39 is 8.32 Å². The summed E-state index contributed by atoms with van der Waals surface area (Å²) in [6.45, 7) is 18.4. The van der Waals surface area contributed by atoms with Crippen LogP contribution in [0.3, 0.4) is 0 Å². The van der Waals surface area contributed by atoms with Crippen LogP contribution in [0.5, 0.6) is 0 Å². The van der Waals surface area contributed by atoms with Crippen molar-refractivity contribution in [3.63, 3.8) is 0 Å². The molecule has 0 saturated heterocycles. The molecule has 0 aromatic carbocycles.